The Morgan fingerprint density at radius 3 is 2.64 bits per heavy atom. The summed E-state index contributed by atoms with van der Waals surface area (Å²) in [6, 6.07) is 0.210. The van der Waals surface area contributed by atoms with Crippen LogP contribution >= 0.6 is 0 Å². The molecule has 1 aliphatic rings. The largest absolute Gasteiger partial charge is 0.448 e. The standard InChI is InChI=1S/C14H26N4O3S/c1-5-17(6-2)22(19,20)18-8-7-13(9-18)16(4)10-14-12(3)21-11-15-14/h11,13H,5-10H2,1-4H3. The monoisotopic (exact) mass is 330 g/mol. The van der Waals surface area contributed by atoms with Crippen molar-refractivity contribution in [2.75, 3.05) is 33.2 Å². The van der Waals surface area contributed by atoms with Gasteiger partial charge in [-0.2, -0.15) is 17.0 Å². The van der Waals surface area contributed by atoms with Crippen LogP contribution in [-0.2, 0) is 16.8 Å². The van der Waals surface area contributed by atoms with Crippen molar-refractivity contribution in [1.82, 2.24) is 18.5 Å². The first-order valence-corrected chi connectivity index (χ1v) is 9.14. The van der Waals surface area contributed by atoms with E-state index in [1.165, 1.54) is 10.7 Å². The fraction of sp³-hybridized carbons (Fsp3) is 0.786. The van der Waals surface area contributed by atoms with Gasteiger partial charge in [-0.05, 0) is 20.4 Å². The summed E-state index contributed by atoms with van der Waals surface area (Å²) in [6.07, 6.45) is 2.29. The molecule has 2 heterocycles. The third kappa shape index (κ3) is 3.51. The quantitative estimate of drug-likeness (QED) is 0.748. The summed E-state index contributed by atoms with van der Waals surface area (Å²) in [7, 11) is -1.33. The Morgan fingerprint density at radius 1 is 1.41 bits per heavy atom. The van der Waals surface area contributed by atoms with Crippen molar-refractivity contribution in [3.63, 3.8) is 0 Å². The van der Waals surface area contributed by atoms with Gasteiger partial charge in [-0.3, -0.25) is 4.90 Å². The lowest BCUT2D eigenvalue weighted by Crippen LogP contribution is -2.44. The molecule has 0 bridgehead atoms. The van der Waals surface area contributed by atoms with Crippen LogP contribution in [0.5, 0.6) is 0 Å². The summed E-state index contributed by atoms with van der Waals surface area (Å²) < 4.78 is 33.4. The molecule has 0 amide bonds. The molecule has 8 heteroatoms. The molecule has 0 aromatic carbocycles. The number of likely N-dealkylation sites (N-methyl/N-ethyl adjacent to an activating group) is 1. The van der Waals surface area contributed by atoms with Crippen LogP contribution in [0, 0.1) is 6.92 Å². The lowest BCUT2D eigenvalue weighted by atomic mass is 10.2. The number of hydrogen-bond donors (Lipinski definition) is 0. The zero-order valence-electron chi connectivity index (χ0n) is 13.8. The minimum absolute atomic E-state index is 0.210. The van der Waals surface area contributed by atoms with E-state index in [1.54, 1.807) is 4.31 Å². The Kier molecular flexibility index (Phi) is 5.60. The average molecular weight is 330 g/mol. The average Bonchev–Trinajstić information content (AvgIpc) is 3.10. The highest BCUT2D eigenvalue weighted by Gasteiger charge is 2.36. The third-order valence-electron chi connectivity index (χ3n) is 4.35. The van der Waals surface area contributed by atoms with Crippen LogP contribution in [0.4, 0.5) is 0 Å². The summed E-state index contributed by atoms with van der Waals surface area (Å²) in [4.78, 5) is 6.36. The van der Waals surface area contributed by atoms with Crippen molar-refractivity contribution in [3.05, 3.63) is 17.8 Å². The molecule has 1 aliphatic heterocycles. The van der Waals surface area contributed by atoms with Gasteiger partial charge in [0.15, 0.2) is 6.39 Å². The van der Waals surface area contributed by atoms with Gasteiger partial charge in [-0.1, -0.05) is 13.8 Å². The highest BCUT2D eigenvalue weighted by molar-refractivity contribution is 7.86. The number of rotatable bonds is 7. The molecule has 1 atom stereocenters. The molecular weight excluding hydrogens is 304 g/mol. The van der Waals surface area contributed by atoms with Crippen LogP contribution in [0.1, 0.15) is 31.7 Å². The van der Waals surface area contributed by atoms with Crippen molar-refractivity contribution in [3.8, 4) is 0 Å². The Hall–Kier alpha value is -0.960. The Labute approximate surface area is 133 Å². The smallest absolute Gasteiger partial charge is 0.282 e. The maximum atomic E-state index is 12.5. The number of nitrogens with zero attached hydrogens (tertiary/aromatic N) is 4. The van der Waals surface area contributed by atoms with E-state index in [9.17, 15) is 8.42 Å². The van der Waals surface area contributed by atoms with Gasteiger partial charge in [-0.25, -0.2) is 4.98 Å². The van der Waals surface area contributed by atoms with E-state index in [1.807, 2.05) is 27.8 Å². The van der Waals surface area contributed by atoms with E-state index in [4.69, 9.17) is 4.42 Å². The number of oxazole rings is 1. The second-order valence-corrected chi connectivity index (χ2v) is 7.59. The van der Waals surface area contributed by atoms with Gasteiger partial charge in [-0.15, -0.1) is 0 Å². The molecular formula is C14H26N4O3S. The summed E-state index contributed by atoms with van der Waals surface area (Å²) >= 11 is 0. The molecule has 1 aromatic rings. The van der Waals surface area contributed by atoms with Crippen LogP contribution in [0.3, 0.4) is 0 Å². The molecule has 0 spiro atoms. The van der Waals surface area contributed by atoms with Crippen LogP contribution in [-0.4, -0.2) is 66.2 Å². The molecule has 1 saturated heterocycles. The summed E-state index contributed by atoms with van der Waals surface area (Å²) in [5, 5.41) is 0. The molecule has 0 N–H and O–H groups in total. The molecule has 0 radical (unpaired) electrons. The van der Waals surface area contributed by atoms with Crippen LogP contribution in [0.25, 0.3) is 0 Å². The zero-order valence-corrected chi connectivity index (χ0v) is 14.6. The van der Waals surface area contributed by atoms with E-state index >= 15 is 0 Å². The zero-order chi connectivity index (χ0) is 16.3. The molecule has 2 rings (SSSR count). The van der Waals surface area contributed by atoms with E-state index in [0.717, 1.165) is 17.9 Å². The van der Waals surface area contributed by atoms with Crippen LogP contribution in [0.2, 0.25) is 0 Å². The van der Waals surface area contributed by atoms with Crippen molar-refractivity contribution in [2.24, 2.45) is 0 Å². The summed E-state index contributed by atoms with van der Waals surface area (Å²) in [6.45, 7) is 8.43. The first kappa shape index (κ1) is 17.4. The predicted octanol–water partition coefficient (Wildman–Crippen LogP) is 1.08. The van der Waals surface area contributed by atoms with Crippen LogP contribution in [0.15, 0.2) is 10.8 Å². The Balaban J connectivity index is 1.99. The molecule has 0 saturated carbocycles. The molecule has 0 aliphatic carbocycles. The topological polar surface area (TPSA) is 69.9 Å². The number of hydrogen-bond acceptors (Lipinski definition) is 5. The fourth-order valence-electron chi connectivity index (χ4n) is 2.84. The third-order valence-corrected chi connectivity index (χ3v) is 6.50. The first-order valence-electron chi connectivity index (χ1n) is 7.74. The van der Waals surface area contributed by atoms with Crippen molar-refractivity contribution in [1.29, 1.82) is 0 Å². The Bertz CT molecular complexity index is 583. The highest BCUT2D eigenvalue weighted by atomic mass is 32.2. The van der Waals surface area contributed by atoms with E-state index in [2.05, 4.69) is 9.88 Å². The predicted molar refractivity (Wildman–Crippen MR) is 84.5 cm³/mol. The molecule has 1 unspecified atom stereocenters. The van der Waals surface area contributed by atoms with Gasteiger partial charge in [0.05, 0.1) is 5.69 Å². The molecule has 1 aromatic heterocycles. The van der Waals surface area contributed by atoms with E-state index < -0.39 is 10.2 Å². The minimum Gasteiger partial charge on any atom is -0.448 e. The second-order valence-electron chi connectivity index (χ2n) is 5.66. The SMILES string of the molecule is CCN(CC)S(=O)(=O)N1CCC(N(C)Cc2ncoc2C)C1. The van der Waals surface area contributed by atoms with Crippen molar-refractivity contribution in [2.45, 2.75) is 39.8 Å². The van der Waals surface area contributed by atoms with Crippen LogP contribution < -0.4 is 0 Å². The summed E-state index contributed by atoms with van der Waals surface area (Å²) in [5.41, 5.74) is 0.910. The van der Waals surface area contributed by atoms with Crippen molar-refractivity contribution >= 4 is 10.2 Å². The number of aromatic nitrogens is 1. The minimum atomic E-state index is -3.33. The highest BCUT2D eigenvalue weighted by Crippen LogP contribution is 2.21. The van der Waals surface area contributed by atoms with Crippen molar-refractivity contribution < 1.29 is 12.8 Å². The maximum absolute atomic E-state index is 12.5. The fourth-order valence-corrected chi connectivity index (χ4v) is 4.51. The van der Waals surface area contributed by atoms with Gasteiger partial charge in [0.1, 0.15) is 5.76 Å². The lowest BCUT2D eigenvalue weighted by Gasteiger charge is -2.27. The van der Waals surface area contributed by atoms with E-state index in [-0.39, 0.29) is 6.04 Å². The van der Waals surface area contributed by atoms with Gasteiger partial charge in [0.2, 0.25) is 0 Å². The molecule has 22 heavy (non-hydrogen) atoms. The van der Waals surface area contributed by atoms with Gasteiger partial charge >= 0.3 is 0 Å². The normalized spacial score (nSPS) is 20.4. The maximum Gasteiger partial charge on any atom is 0.282 e. The summed E-state index contributed by atoms with van der Waals surface area (Å²) in [5.74, 6) is 0.817. The Morgan fingerprint density at radius 2 is 2.09 bits per heavy atom. The second kappa shape index (κ2) is 7.08. The van der Waals surface area contributed by atoms with Gasteiger partial charge < -0.3 is 4.42 Å². The molecule has 1 fully saturated rings. The lowest BCUT2D eigenvalue weighted by molar-refractivity contribution is 0.236. The molecule has 7 nitrogen and oxygen atoms in total. The number of aryl methyl sites for hydroxylation is 1. The van der Waals surface area contributed by atoms with Gasteiger partial charge in [0.25, 0.3) is 10.2 Å². The first-order chi connectivity index (χ1) is 10.4. The van der Waals surface area contributed by atoms with E-state index in [0.29, 0.717) is 32.7 Å². The van der Waals surface area contributed by atoms with Gasteiger partial charge in [0, 0.05) is 38.8 Å². The molecule has 126 valence electrons.